The van der Waals surface area contributed by atoms with Crippen LogP contribution in [0.1, 0.15) is 31.4 Å². The summed E-state index contributed by atoms with van der Waals surface area (Å²) in [5.74, 6) is 0. The largest absolute Gasteiger partial charge is 0.353 e. The molecule has 1 aliphatic rings. The molecule has 2 rings (SSSR count). The van der Waals surface area contributed by atoms with Crippen molar-refractivity contribution < 1.29 is 9.47 Å². The average Bonchev–Trinajstić information content (AvgIpc) is 2.68. The average molecular weight is 192 g/mol. The fourth-order valence-corrected chi connectivity index (χ4v) is 1.83. The second-order valence-corrected chi connectivity index (χ2v) is 3.50. The molecule has 1 fully saturated rings. The third-order valence-corrected chi connectivity index (χ3v) is 2.50. The Balaban J connectivity index is 1.96. The summed E-state index contributed by atoms with van der Waals surface area (Å²) in [6, 6.07) is 10.3. The molecule has 0 saturated carbocycles. The van der Waals surface area contributed by atoms with E-state index in [-0.39, 0.29) is 12.4 Å². The Hall–Kier alpha value is -0.860. The topological polar surface area (TPSA) is 18.5 Å². The van der Waals surface area contributed by atoms with E-state index in [4.69, 9.17) is 9.47 Å². The van der Waals surface area contributed by atoms with E-state index in [1.165, 1.54) is 5.56 Å². The molecule has 76 valence electrons. The highest BCUT2D eigenvalue weighted by Crippen LogP contribution is 2.32. The van der Waals surface area contributed by atoms with Crippen LogP contribution in [-0.2, 0) is 9.47 Å². The molecule has 0 N–H and O–H groups in total. The van der Waals surface area contributed by atoms with Gasteiger partial charge in [0.15, 0.2) is 6.29 Å². The smallest absolute Gasteiger partial charge is 0.158 e. The van der Waals surface area contributed by atoms with Gasteiger partial charge in [0, 0.05) is 13.0 Å². The highest BCUT2D eigenvalue weighted by atomic mass is 16.7. The third-order valence-electron chi connectivity index (χ3n) is 2.50. The lowest BCUT2D eigenvalue weighted by Crippen LogP contribution is -2.10. The molecule has 1 aromatic carbocycles. The lowest BCUT2D eigenvalue weighted by molar-refractivity contribution is -0.131. The maximum atomic E-state index is 5.77. The van der Waals surface area contributed by atoms with Crippen LogP contribution < -0.4 is 0 Å². The standard InChI is InChI=1S/C12H16O2/c1-2-13-12-9-8-11(14-12)10-6-4-3-5-7-10/h3-7,11-12H,2,8-9H2,1H3/t11-,12+/m0/s1. The van der Waals surface area contributed by atoms with Crippen molar-refractivity contribution in [1.29, 1.82) is 0 Å². The van der Waals surface area contributed by atoms with Crippen molar-refractivity contribution in [1.82, 2.24) is 0 Å². The number of hydrogen-bond acceptors (Lipinski definition) is 2. The summed E-state index contributed by atoms with van der Waals surface area (Å²) in [5, 5.41) is 0. The zero-order valence-corrected chi connectivity index (χ0v) is 8.48. The van der Waals surface area contributed by atoms with E-state index in [2.05, 4.69) is 12.1 Å². The van der Waals surface area contributed by atoms with Crippen molar-refractivity contribution in [2.75, 3.05) is 6.61 Å². The van der Waals surface area contributed by atoms with Crippen LogP contribution in [0.4, 0.5) is 0 Å². The van der Waals surface area contributed by atoms with Crippen molar-refractivity contribution in [3.8, 4) is 0 Å². The van der Waals surface area contributed by atoms with Gasteiger partial charge in [-0.15, -0.1) is 0 Å². The van der Waals surface area contributed by atoms with Crippen molar-refractivity contribution in [3.63, 3.8) is 0 Å². The fraction of sp³-hybridized carbons (Fsp3) is 0.500. The highest BCUT2D eigenvalue weighted by Gasteiger charge is 2.26. The Morgan fingerprint density at radius 3 is 2.79 bits per heavy atom. The first-order chi connectivity index (χ1) is 6.90. The Morgan fingerprint density at radius 1 is 1.29 bits per heavy atom. The van der Waals surface area contributed by atoms with Gasteiger partial charge in [0.05, 0.1) is 6.10 Å². The van der Waals surface area contributed by atoms with E-state index in [0.717, 1.165) is 19.4 Å². The van der Waals surface area contributed by atoms with Gasteiger partial charge >= 0.3 is 0 Å². The molecule has 0 bridgehead atoms. The molecule has 0 aliphatic carbocycles. The molecule has 14 heavy (non-hydrogen) atoms. The second-order valence-electron chi connectivity index (χ2n) is 3.50. The summed E-state index contributed by atoms with van der Waals surface area (Å²) < 4.78 is 11.2. The second kappa shape index (κ2) is 4.58. The minimum absolute atomic E-state index is 0.00482. The van der Waals surface area contributed by atoms with Gasteiger partial charge in [0.1, 0.15) is 0 Å². The normalized spacial score (nSPS) is 26.6. The minimum atomic E-state index is 0.00482. The fourth-order valence-electron chi connectivity index (χ4n) is 1.83. The van der Waals surface area contributed by atoms with E-state index in [9.17, 15) is 0 Å². The number of ether oxygens (including phenoxy) is 2. The predicted molar refractivity (Wildman–Crippen MR) is 54.9 cm³/mol. The molecule has 0 amide bonds. The van der Waals surface area contributed by atoms with Gasteiger partial charge in [-0.2, -0.15) is 0 Å². The van der Waals surface area contributed by atoms with E-state index >= 15 is 0 Å². The van der Waals surface area contributed by atoms with Gasteiger partial charge in [-0.05, 0) is 18.9 Å². The molecule has 0 radical (unpaired) electrons. The lowest BCUT2D eigenvalue weighted by atomic mass is 10.1. The van der Waals surface area contributed by atoms with Gasteiger partial charge in [0.25, 0.3) is 0 Å². The molecule has 1 heterocycles. The zero-order valence-electron chi connectivity index (χ0n) is 8.48. The van der Waals surface area contributed by atoms with Crippen LogP contribution in [-0.4, -0.2) is 12.9 Å². The molecule has 0 spiro atoms. The van der Waals surface area contributed by atoms with Gasteiger partial charge in [-0.3, -0.25) is 0 Å². The summed E-state index contributed by atoms with van der Waals surface area (Å²) in [4.78, 5) is 0. The maximum Gasteiger partial charge on any atom is 0.158 e. The maximum absolute atomic E-state index is 5.77. The van der Waals surface area contributed by atoms with E-state index < -0.39 is 0 Å². The first-order valence-electron chi connectivity index (χ1n) is 5.22. The molecule has 0 aromatic heterocycles. The Kier molecular flexibility index (Phi) is 3.17. The van der Waals surface area contributed by atoms with Gasteiger partial charge in [-0.1, -0.05) is 30.3 Å². The monoisotopic (exact) mass is 192 g/mol. The highest BCUT2D eigenvalue weighted by molar-refractivity contribution is 5.18. The third kappa shape index (κ3) is 2.14. The van der Waals surface area contributed by atoms with Gasteiger partial charge in [0.2, 0.25) is 0 Å². The molecular formula is C12H16O2. The molecule has 1 saturated heterocycles. The van der Waals surface area contributed by atoms with Gasteiger partial charge < -0.3 is 9.47 Å². The van der Waals surface area contributed by atoms with Crippen LogP contribution >= 0.6 is 0 Å². The molecule has 2 heteroatoms. The number of hydrogen-bond donors (Lipinski definition) is 0. The first kappa shape index (κ1) is 9.69. The van der Waals surface area contributed by atoms with E-state index in [1.54, 1.807) is 0 Å². The molecular weight excluding hydrogens is 176 g/mol. The quantitative estimate of drug-likeness (QED) is 0.733. The predicted octanol–water partition coefficient (Wildman–Crippen LogP) is 2.90. The molecule has 1 aromatic rings. The van der Waals surface area contributed by atoms with Crippen LogP contribution in [0, 0.1) is 0 Å². The van der Waals surface area contributed by atoms with Crippen molar-refractivity contribution in [2.24, 2.45) is 0 Å². The van der Waals surface area contributed by atoms with Crippen LogP contribution in [0.5, 0.6) is 0 Å². The van der Waals surface area contributed by atoms with E-state index in [1.807, 2.05) is 25.1 Å². The summed E-state index contributed by atoms with van der Waals surface area (Å²) in [7, 11) is 0. The van der Waals surface area contributed by atoms with Crippen LogP contribution in [0.2, 0.25) is 0 Å². The van der Waals surface area contributed by atoms with Crippen molar-refractivity contribution in [2.45, 2.75) is 32.2 Å². The summed E-state index contributed by atoms with van der Waals surface area (Å²) in [6.07, 6.45) is 2.31. The van der Waals surface area contributed by atoms with Crippen LogP contribution in [0.15, 0.2) is 30.3 Å². The lowest BCUT2D eigenvalue weighted by Gasteiger charge is -2.13. The Bertz CT molecular complexity index is 271. The van der Waals surface area contributed by atoms with Crippen LogP contribution in [0.25, 0.3) is 0 Å². The van der Waals surface area contributed by atoms with Gasteiger partial charge in [-0.25, -0.2) is 0 Å². The van der Waals surface area contributed by atoms with Crippen molar-refractivity contribution in [3.05, 3.63) is 35.9 Å². The van der Waals surface area contributed by atoms with E-state index in [0.29, 0.717) is 0 Å². The molecule has 0 unspecified atom stereocenters. The minimum Gasteiger partial charge on any atom is -0.353 e. The summed E-state index contributed by atoms with van der Waals surface area (Å²) >= 11 is 0. The SMILES string of the molecule is CCO[C@H]1CC[C@@H](c2ccccc2)O1. The van der Waals surface area contributed by atoms with Crippen LogP contribution in [0.3, 0.4) is 0 Å². The van der Waals surface area contributed by atoms with Crippen molar-refractivity contribution >= 4 is 0 Å². The zero-order chi connectivity index (χ0) is 9.80. The summed E-state index contributed by atoms with van der Waals surface area (Å²) in [6.45, 7) is 2.73. The molecule has 2 atom stereocenters. The summed E-state index contributed by atoms with van der Waals surface area (Å²) in [5.41, 5.74) is 1.26. The molecule has 2 nitrogen and oxygen atoms in total. The number of benzene rings is 1. The Morgan fingerprint density at radius 2 is 2.07 bits per heavy atom. The first-order valence-corrected chi connectivity index (χ1v) is 5.22. The Labute approximate surface area is 84.8 Å². The molecule has 1 aliphatic heterocycles. The number of rotatable bonds is 3.